The molecule has 72 valence electrons. The third kappa shape index (κ3) is 2.70. The summed E-state index contributed by atoms with van der Waals surface area (Å²) in [6.45, 7) is 3.64. The molecule has 0 spiro atoms. The molecule has 1 aromatic rings. The zero-order valence-electron chi connectivity index (χ0n) is 7.83. The zero-order valence-corrected chi connectivity index (χ0v) is 7.83. The quantitative estimate of drug-likeness (QED) is 0.777. The van der Waals surface area contributed by atoms with Crippen molar-refractivity contribution in [3.8, 4) is 5.75 Å². The highest BCUT2D eigenvalue weighted by Crippen LogP contribution is 2.17. The van der Waals surface area contributed by atoms with Gasteiger partial charge < -0.3 is 10.5 Å². The molecule has 0 fully saturated rings. The fourth-order valence-electron chi connectivity index (χ4n) is 0.848. The molecule has 2 atom stereocenters. The summed E-state index contributed by atoms with van der Waals surface area (Å²) < 4.78 is 18.4. The van der Waals surface area contributed by atoms with Crippen molar-refractivity contribution in [1.82, 2.24) is 0 Å². The second kappa shape index (κ2) is 4.23. The molecule has 0 saturated heterocycles. The molecule has 0 aliphatic heterocycles. The van der Waals surface area contributed by atoms with Crippen LogP contribution in [0.1, 0.15) is 13.8 Å². The van der Waals surface area contributed by atoms with Crippen molar-refractivity contribution < 1.29 is 9.13 Å². The maximum Gasteiger partial charge on any atom is 0.165 e. The van der Waals surface area contributed by atoms with Gasteiger partial charge in [-0.25, -0.2) is 4.39 Å². The van der Waals surface area contributed by atoms with Crippen molar-refractivity contribution in [1.29, 1.82) is 0 Å². The van der Waals surface area contributed by atoms with Crippen LogP contribution in [0.25, 0.3) is 0 Å². The second-order valence-corrected chi connectivity index (χ2v) is 3.11. The van der Waals surface area contributed by atoms with E-state index >= 15 is 0 Å². The predicted molar refractivity (Wildman–Crippen MR) is 50.1 cm³/mol. The average Bonchev–Trinajstić information content (AvgIpc) is 2.08. The van der Waals surface area contributed by atoms with Crippen molar-refractivity contribution in [2.75, 3.05) is 0 Å². The lowest BCUT2D eigenvalue weighted by Gasteiger charge is -2.18. The lowest BCUT2D eigenvalue weighted by atomic mass is 10.2. The first-order chi connectivity index (χ1) is 6.11. The van der Waals surface area contributed by atoms with Crippen LogP contribution in [0, 0.1) is 5.82 Å². The Morgan fingerprint density at radius 2 is 1.92 bits per heavy atom. The summed E-state index contributed by atoms with van der Waals surface area (Å²) in [6, 6.07) is 6.20. The molecule has 1 rings (SSSR count). The van der Waals surface area contributed by atoms with Crippen LogP contribution in [-0.2, 0) is 0 Å². The molecule has 0 aromatic heterocycles. The van der Waals surface area contributed by atoms with Crippen molar-refractivity contribution >= 4 is 0 Å². The first kappa shape index (κ1) is 9.99. The van der Waals surface area contributed by atoms with E-state index in [1.54, 1.807) is 18.2 Å². The lowest BCUT2D eigenvalue weighted by molar-refractivity contribution is 0.188. The Bertz CT molecular complexity index is 275. The molecule has 0 heterocycles. The fraction of sp³-hybridized carbons (Fsp3) is 0.400. The highest BCUT2D eigenvalue weighted by atomic mass is 19.1. The van der Waals surface area contributed by atoms with E-state index in [9.17, 15) is 4.39 Å². The van der Waals surface area contributed by atoms with Crippen LogP contribution >= 0.6 is 0 Å². The van der Waals surface area contributed by atoms with Gasteiger partial charge in [0.1, 0.15) is 6.10 Å². The van der Waals surface area contributed by atoms with E-state index in [4.69, 9.17) is 10.5 Å². The van der Waals surface area contributed by atoms with Crippen molar-refractivity contribution in [3.63, 3.8) is 0 Å². The van der Waals surface area contributed by atoms with Crippen LogP contribution in [-0.4, -0.2) is 12.1 Å². The summed E-state index contributed by atoms with van der Waals surface area (Å²) in [6.07, 6.45) is -0.183. The van der Waals surface area contributed by atoms with E-state index in [1.165, 1.54) is 6.07 Å². The van der Waals surface area contributed by atoms with Gasteiger partial charge in [-0.2, -0.15) is 0 Å². The first-order valence-corrected chi connectivity index (χ1v) is 4.28. The van der Waals surface area contributed by atoms with Crippen molar-refractivity contribution in [2.24, 2.45) is 5.73 Å². The van der Waals surface area contributed by atoms with Crippen LogP contribution < -0.4 is 10.5 Å². The summed E-state index contributed by atoms with van der Waals surface area (Å²) in [5.41, 5.74) is 5.59. The topological polar surface area (TPSA) is 35.2 Å². The Morgan fingerprint density at radius 1 is 1.31 bits per heavy atom. The zero-order chi connectivity index (χ0) is 9.84. The van der Waals surface area contributed by atoms with Crippen LogP contribution in [0.2, 0.25) is 0 Å². The number of benzene rings is 1. The van der Waals surface area contributed by atoms with Gasteiger partial charge in [0, 0.05) is 6.04 Å². The Kier molecular flexibility index (Phi) is 3.25. The van der Waals surface area contributed by atoms with E-state index in [-0.39, 0.29) is 23.7 Å². The van der Waals surface area contributed by atoms with Gasteiger partial charge in [-0.15, -0.1) is 0 Å². The molecular formula is C10H14FNO. The molecule has 2 N–H and O–H groups in total. The van der Waals surface area contributed by atoms with E-state index in [1.807, 2.05) is 13.8 Å². The highest BCUT2D eigenvalue weighted by Gasteiger charge is 2.10. The number of halogens is 1. The third-order valence-corrected chi connectivity index (χ3v) is 1.89. The summed E-state index contributed by atoms with van der Waals surface area (Å²) in [5, 5.41) is 0. The molecular weight excluding hydrogens is 169 g/mol. The van der Waals surface area contributed by atoms with Gasteiger partial charge in [0.25, 0.3) is 0 Å². The van der Waals surface area contributed by atoms with Crippen LogP contribution in [0.4, 0.5) is 4.39 Å². The maximum atomic E-state index is 13.0. The van der Waals surface area contributed by atoms with Gasteiger partial charge >= 0.3 is 0 Å². The highest BCUT2D eigenvalue weighted by molar-refractivity contribution is 5.23. The van der Waals surface area contributed by atoms with Gasteiger partial charge in [0.2, 0.25) is 0 Å². The first-order valence-electron chi connectivity index (χ1n) is 4.28. The SMILES string of the molecule is C[C@@H](N)[C@@H](C)Oc1ccccc1F. The molecule has 0 bridgehead atoms. The number of ether oxygens (including phenoxy) is 1. The summed E-state index contributed by atoms with van der Waals surface area (Å²) in [5.74, 6) is -0.0951. The molecule has 3 heteroatoms. The van der Waals surface area contributed by atoms with Gasteiger partial charge in [0.15, 0.2) is 11.6 Å². The maximum absolute atomic E-state index is 13.0. The summed E-state index contributed by atoms with van der Waals surface area (Å²) in [7, 11) is 0. The molecule has 13 heavy (non-hydrogen) atoms. The number of hydrogen-bond acceptors (Lipinski definition) is 2. The minimum atomic E-state index is -0.352. The normalized spacial score (nSPS) is 15.1. The number of rotatable bonds is 3. The standard InChI is InChI=1S/C10H14FNO/c1-7(12)8(2)13-10-6-4-3-5-9(10)11/h3-8H,12H2,1-2H3/t7-,8-/m1/s1. The Labute approximate surface area is 77.5 Å². The van der Waals surface area contributed by atoms with Gasteiger partial charge in [-0.3, -0.25) is 0 Å². The minimum absolute atomic E-state index is 0.111. The van der Waals surface area contributed by atoms with Crippen molar-refractivity contribution in [2.45, 2.75) is 26.0 Å². The number of hydrogen-bond donors (Lipinski definition) is 1. The van der Waals surface area contributed by atoms with E-state index < -0.39 is 0 Å². The van der Waals surface area contributed by atoms with E-state index in [2.05, 4.69) is 0 Å². The smallest absolute Gasteiger partial charge is 0.165 e. The molecule has 2 nitrogen and oxygen atoms in total. The van der Waals surface area contributed by atoms with Gasteiger partial charge in [-0.1, -0.05) is 12.1 Å². The minimum Gasteiger partial charge on any atom is -0.486 e. The van der Waals surface area contributed by atoms with Crippen LogP contribution in [0.3, 0.4) is 0 Å². The molecule has 0 unspecified atom stereocenters. The molecule has 0 aliphatic carbocycles. The van der Waals surface area contributed by atoms with Gasteiger partial charge in [0.05, 0.1) is 0 Å². The molecule has 1 aromatic carbocycles. The number of nitrogens with two attached hydrogens (primary N) is 1. The predicted octanol–water partition coefficient (Wildman–Crippen LogP) is 1.94. The third-order valence-electron chi connectivity index (χ3n) is 1.89. The molecule has 0 amide bonds. The van der Waals surface area contributed by atoms with Crippen LogP contribution in [0.5, 0.6) is 5.75 Å². The fourth-order valence-corrected chi connectivity index (χ4v) is 0.848. The Balaban J connectivity index is 2.69. The second-order valence-electron chi connectivity index (χ2n) is 3.11. The molecule has 0 aliphatic rings. The Morgan fingerprint density at radius 3 is 2.46 bits per heavy atom. The van der Waals surface area contributed by atoms with Crippen LogP contribution in [0.15, 0.2) is 24.3 Å². The summed E-state index contributed by atoms with van der Waals surface area (Å²) >= 11 is 0. The summed E-state index contributed by atoms with van der Waals surface area (Å²) in [4.78, 5) is 0. The van der Waals surface area contributed by atoms with E-state index in [0.717, 1.165) is 0 Å². The van der Waals surface area contributed by atoms with Crippen molar-refractivity contribution in [3.05, 3.63) is 30.1 Å². The monoisotopic (exact) mass is 183 g/mol. The average molecular weight is 183 g/mol. The molecule has 0 saturated carbocycles. The largest absolute Gasteiger partial charge is 0.486 e. The lowest BCUT2D eigenvalue weighted by Crippen LogP contribution is -2.33. The number of para-hydroxylation sites is 1. The van der Waals surface area contributed by atoms with E-state index in [0.29, 0.717) is 0 Å². The molecule has 0 radical (unpaired) electrons. The Hall–Kier alpha value is -1.09. The van der Waals surface area contributed by atoms with Gasteiger partial charge in [-0.05, 0) is 26.0 Å².